The monoisotopic (exact) mass is 243 g/mol. The van der Waals surface area contributed by atoms with E-state index in [-0.39, 0.29) is 12.5 Å². The Kier molecular flexibility index (Phi) is 2.72. The molecule has 0 radical (unpaired) electrons. The van der Waals surface area contributed by atoms with E-state index in [4.69, 9.17) is 9.31 Å². The zero-order chi connectivity index (χ0) is 12.8. The van der Waals surface area contributed by atoms with E-state index in [9.17, 15) is 0 Å². The lowest BCUT2D eigenvalue weighted by Crippen LogP contribution is -2.47. The maximum Gasteiger partial charge on any atom is 0.496 e. The van der Waals surface area contributed by atoms with E-state index in [0.29, 0.717) is 0 Å². The molecule has 0 bridgehead atoms. The summed E-state index contributed by atoms with van der Waals surface area (Å²) in [6.45, 7) is 5.79. The fourth-order valence-electron chi connectivity index (χ4n) is 2.43. The van der Waals surface area contributed by atoms with Crippen molar-refractivity contribution in [3.63, 3.8) is 0 Å². The average Bonchev–Trinajstić information content (AvgIpc) is 2.68. The third-order valence-electron chi connectivity index (χ3n) is 3.43. The SMILES string of the molecule is Cn1cc(B2OCC(C)(C)CO2)c2ccccc21. The lowest BCUT2D eigenvalue weighted by molar-refractivity contribution is 0.0344. The molecule has 0 aliphatic carbocycles. The summed E-state index contributed by atoms with van der Waals surface area (Å²) < 4.78 is 13.9. The molecule has 3 nitrogen and oxygen atoms in total. The van der Waals surface area contributed by atoms with E-state index in [1.807, 2.05) is 0 Å². The Morgan fingerprint density at radius 3 is 2.56 bits per heavy atom. The van der Waals surface area contributed by atoms with Crippen molar-refractivity contribution in [2.75, 3.05) is 13.2 Å². The molecule has 0 atom stereocenters. The number of rotatable bonds is 1. The summed E-state index contributed by atoms with van der Waals surface area (Å²) in [5.74, 6) is 0. The highest BCUT2D eigenvalue weighted by Crippen LogP contribution is 2.23. The predicted molar refractivity (Wildman–Crippen MR) is 74.0 cm³/mol. The van der Waals surface area contributed by atoms with Gasteiger partial charge in [-0.25, -0.2) is 0 Å². The molecule has 94 valence electrons. The van der Waals surface area contributed by atoms with Gasteiger partial charge in [-0.1, -0.05) is 32.0 Å². The summed E-state index contributed by atoms with van der Waals surface area (Å²) in [6.07, 6.45) is 2.10. The number of fused-ring (bicyclic) bond motifs is 1. The lowest BCUT2D eigenvalue weighted by atomic mass is 9.76. The molecular weight excluding hydrogens is 225 g/mol. The average molecular weight is 243 g/mol. The Balaban J connectivity index is 1.96. The van der Waals surface area contributed by atoms with Crippen molar-refractivity contribution in [3.05, 3.63) is 30.5 Å². The van der Waals surface area contributed by atoms with Crippen molar-refractivity contribution in [2.24, 2.45) is 12.5 Å². The maximum atomic E-state index is 5.87. The van der Waals surface area contributed by atoms with Crippen LogP contribution in [-0.4, -0.2) is 24.9 Å². The summed E-state index contributed by atoms with van der Waals surface area (Å²) in [4.78, 5) is 0. The molecule has 1 aliphatic rings. The fraction of sp³-hybridized carbons (Fsp3) is 0.429. The van der Waals surface area contributed by atoms with E-state index in [0.717, 1.165) is 18.7 Å². The van der Waals surface area contributed by atoms with E-state index >= 15 is 0 Å². The third-order valence-corrected chi connectivity index (χ3v) is 3.43. The minimum Gasteiger partial charge on any atom is -0.407 e. The zero-order valence-corrected chi connectivity index (χ0v) is 11.1. The summed E-state index contributed by atoms with van der Waals surface area (Å²) in [5, 5.41) is 1.21. The highest BCUT2D eigenvalue weighted by molar-refractivity contribution is 6.64. The van der Waals surface area contributed by atoms with Gasteiger partial charge in [0.25, 0.3) is 0 Å². The van der Waals surface area contributed by atoms with Gasteiger partial charge in [-0.3, -0.25) is 0 Å². The highest BCUT2D eigenvalue weighted by atomic mass is 16.6. The number of hydrogen-bond donors (Lipinski definition) is 0. The van der Waals surface area contributed by atoms with Crippen molar-refractivity contribution in [1.82, 2.24) is 4.57 Å². The minimum atomic E-state index is -0.232. The molecule has 1 aromatic heterocycles. The number of nitrogens with zero attached hydrogens (tertiary/aromatic N) is 1. The predicted octanol–water partition coefficient (Wildman–Crippen LogP) is 1.95. The van der Waals surface area contributed by atoms with Crippen molar-refractivity contribution in [3.8, 4) is 0 Å². The summed E-state index contributed by atoms with van der Waals surface area (Å²) in [5.41, 5.74) is 2.45. The molecule has 2 heterocycles. The van der Waals surface area contributed by atoms with E-state index < -0.39 is 0 Å². The van der Waals surface area contributed by atoms with Crippen molar-refractivity contribution in [2.45, 2.75) is 13.8 Å². The molecule has 0 N–H and O–H groups in total. The number of aromatic nitrogens is 1. The molecule has 1 aliphatic heterocycles. The molecule has 18 heavy (non-hydrogen) atoms. The van der Waals surface area contributed by atoms with Gasteiger partial charge in [0.15, 0.2) is 0 Å². The van der Waals surface area contributed by atoms with Crippen molar-refractivity contribution < 1.29 is 9.31 Å². The van der Waals surface area contributed by atoms with Crippen LogP contribution in [0.25, 0.3) is 10.9 Å². The Morgan fingerprint density at radius 1 is 1.17 bits per heavy atom. The number of benzene rings is 1. The van der Waals surface area contributed by atoms with Crippen LogP contribution in [0.4, 0.5) is 0 Å². The van der Waals surface area contributed by atoms with Crippen molar-refractivity contribution in [1.29, 1.82) is 0 Å². The van der Waals surface area contributed by atoms with Gasteiger partial charge in [-0.15, -0.1) is 0 Å². The Bertz CT molecular complexity index is 566. The minimum absolute atomic E-state index is 0.112. The van der Waals surface area contributed by atoms with Gasteiger partial charge in [0.05, 0.1) is 0 Å². The Labute approximate surface area is 108 Å². The molecule has 1 saturated heterocycles. The molecule has 4 heteroatoms. The van der Waals surface area contributed by atoms with E-state index in [1.165, 1.54) is 10.9 Å². The van der Waals surface area contributed by atoms with Crippen LogP contribution in [0.1, 0.15) is 13.8 Å². The van der Waals surface area contributed by atoms with Crippen LogP contribution in [0, 0.1) is 5.41 Å². The molecule has 1 fully saturated rings. The Morgan fingerprint density at radius 2 is 1.83 bits per heavy atom. The Hall–Kier alpha value is -1.26. The number of aryl methyl sites for hydroxylation is 1. The van der Waals surface area contributed by atoms with Crippen LogP contribution < -0.4 is 5.46 Å². The molecule has 0 amide bonds. The number of para-hydroxylation sites is 1. The van der Waals surface area contributed by atoms with Crippen LogP contribution in [0.2, 0.25) is 0 Å². The van der Waals surface area contributed by atoms with Crippen LogP contribution in [0.5, 0.6) is 0 Å². The fourth-order valence-corrected chi connectivity index (χ4v) is 2.43. The second kappa shape index (κ2) is 4.14. The van der Waals surface area contributed by atoms with Crippen LogP contribution in [0.3, 0.4) is 0 Å². The molecule has 3 rings (SSSR count). The number of hydrogen-bond acceptors (Lipinski definition) is 2. The van der Waals surface area contributed by atoms with Crippen LogP contribution in [0.15, 0.2) is 30.5 Å². The zero-order valence-electron chi connectivity index (χ0n) is 11.1. The second-order valence-corrected chi connectivity index (χ2v) is 5.83. The summed E-state index contributed by atoms with van der Waals surface area (Å²) in [7, 11) is 1.82. The van der Waals surface area contributed by atoms with Crippen LogP contribution >= 0.6 is 0 Å². The molecule has 2 aromatic rings. The molecular formula is C14H18BNO2. The molecule has 0 spiro atoms. The van der Waals surface area contributed by atoms with Gasteiger partial charge >= 0.3 is 7.12 Å². The van der Waals surface area contributed by atoms with Gasteiger partial charge in [0.1, 0.15) is 0 Å². The molecule has 0 saturated carbocycles. The van der Waals surface area contributed by atoms with Gasteiger partial charge in [0.2, 0.25) is 0 Å². The van der Waals surface area contributed by atoms with Gasteiger partial charge in [-0.2, -0.15) is 0 Å². The maximum absolute atomic E-state index is 5.87. The van der Waals surface area contributed by atoms with Gasteiger partial charge < -0.3 is 13.9 Å². The highest BCUT2D eigenvalue weighted by Gasteiger charge is 2.35. The molecule has 0 unspecified atom stereocenters. The normalized spacial score (nSPS) is 19.4. The van der Waals surface area contributed by atoms with Gasteiger partial charge in [0, 0.05) is 42.9 Å². The van der Waals surface area contributed by atoms with E-state index in [2.05, 4.69) is 55.9 Å². The summed E-state index contributed by atoms with van der Waals surface area (Å²) >= 11 is 0. The smallest absolute Gasteiger partial charge is 0.407 e. The lowest BCUT2D eigenvalue weighted by Gasteiger charge is -2.32. The molecule has 1 aromatic carbocycles. The first kappa shape index (κ1) is 11.8. The topological polar surface area (TPSA) is 23.4 Å². The summed E-state index contributed by atoms with van der Waals surface area (Å²) in [6, 6.07) is 8.35. The van der Waals surface area contributed by atoms with Gasteiger partial charge in [-0.05, 0) is 11.5 Å². The third kappa shape index (κ3) is 1.96. The standard InChI is InChI=1S/C14H18BNO2/c1-14(2)9-17-15(18-10-14)12-8-16(3)13-7-5-4-6-11(12)13/h4-8H,9-10H2,1-3H3. The van der Waals surface area contributed by atoms with Crippen molar-refractivity contribution >= 4 is 23.5 Å². The van der Waals surface area contributed by atoms with Crippen LogP contribution in [-0.2, 0) is 16.4 Å². The largest absolute Gasteiger partial charge is 0.496 e. The second-order valence-electron chi connectivity index (χ2n) is 5.83. The van der Waals surface area contributed by atoms with E-state index in [1.54, 1.807) is 0 Å². The quantitative estimate of drug-likeness (QED) is 0.714. The first-order valence-electron chi connectivity index (χ1n) is 6.34. The first-order chi connectivity index (χ1) is 8.57. The first-order valence-corrected chi connectivity index (χ1v) is 6.34.